The molecule has 2 rings (SSSR count). The zero-order valence-electron chi connectivity index (χ0n) is 12.7. The first-order valence-corrected chi connectivity index (χ1v) is 7.63. The maximum absolute atomic E-state index is 10.7. The fourth-order valence-corrected chi connectivity index (χ4v) is 2.92. The molecule has 1 unspecified atom stereocenters. The van der Waals surface area contributed by atoms with Crippen LogP contribution in [0.5, 0.6) is 0 Å². The van der Waals surface area contributed by atoms with Crippen molar-refractivity contribution in [3.63, 3.8) is 0 Å². The van der Waals surface area contributed by atoms with Gasteiger partial charge in [0.1, 0.15) is 0 Å². The fraction of sp³-hybridized carbons (Fsp3) is 0.688. The van der Waals surface area contributed by atoms with E-state index in [1.54, 1.807) is 18.5 Å². The number of pyridine rings is 1. The zero-order valence-corrected chi connectivity index (χ0v) is 12.7. The molecular weight excluding hydrogens is 250 g/mol. The highest BCUT2D eigenvalue weighted by molar-refractivity contribution is 5.44. The normalized spacial score (nSPS) is 19.6. The Morgan fingerprint density at radius 3 is 2.55 bits per heavy atom. The van der Waals surface area contributed by atoms with Crippen molar-refractivity contribution < 1.29 is 5.11 Å². The molecule has 1 saturated heterocycles. The molecule has 0 spiro atoms. The smallest absolute Gasteiger partial charge is 0.0760 e. The lowest BCUT2D eigenvalue weighted by Crippen LogP contribution is -2.53. The maximum Gasteiger partial charge on any atom is 0.0760 e. The Morgan fingerprint density at radius 1 is 1.30 bits per heavy atom. The summed E-state index contributed by atoms with van der Waals surface area (Å²) >= 11 is 0. The van der Waals surface area contributed by atoms with Crippen molar-refractivity contribution in [1.82, 2.24) is 9.88 Å². The quantitative estimate of drug-likeness (QED) is 0.886. The minimum Gasteiger partial charge on any atom is -0.398 e. The number of hydrogen-bond acceptors (Lipinski definition) is 4. The minimum absolute atomic E-state index is 0.230. The van der Waals surface area contributed by atoms with Crippen LogP contribution in [0.25, 0.3) is 0 Å². The molecule has 4 heteroatoms. The number of hydrogen-bond donors (Lipinski definition) is 2. The molecule has 0 aromatic carbocycles. The van der Waals surface area contributed by atoms with Crippen molar-refractivity contribution in [1.29, 1.82) is 0 Å². The molecule has 1 atom stereocenters. The molecular formula is C16H27N3O. The van der Waals surface area contributed by atoms with Gasteiger partial charge in [0.25, 0.3) is 0 Å². The van der Waals surface area contributed by atoms with Crippen LogP contribution < -0.4 is 5.73 Å². The summed E-state index contributed by atoms with van der Waals surface area (Å²) < 4.78 is 0. The van der Waals surface area contributed by atoms with Crippen molar-refractivity contribution in [2.75, 3.05) is 18.8 Å². The third kappa shape index (κ3) is 3.49. The average molecular weight is 277 g/mol. The van der Waals surface area contributed by atoms with E-state index in [4.69, 9.17) is 5.73 Å². The molecule has 1 fully saturated rings. The SMILES string of the molecule is CC(C)(C(O)Cc1cnccc1N)N1CCCCCC1. The van der Waals surface area contributed by atoms with Crippen LogP contribution in [-0.2, 0) is 6.42 Å². The Balaban J connectivity index is 2.06. The molecule has 4 nitrogen and oxygen atoms in total. The number of likely N-dealkylation sites (tertiary alicyclic amines) is 1. The molecule has 1 aliphatic rings. The van der Waals surface area contributed by atoms with Crippen LogP contribution in [0.2, 0.25) is 0 Å². The molecule has 1 aromatic rings. The van der Waals surface area contributed by atoms with Crippen molar-refractivity contribution in [2.45, 2.75) is 57.6 Å². The molecule has 20 heavy (non-hydrogen) atoms. The van der Waals surface area contributed by atoms with Gasteiger partial charge in [-0.2, -0.15) is 0 Å². The van der Waals surface area contributed by atoms with Crippen molar-refractivity contribution >= 4 is 5.69 Å². The zero-order chi connectivity index (χ0) is 14.6. The van der Waals surface area contributed by atoms with Crippen LogP contribution in [0.4, 0.5) is 5.69 Å². The third-order valence-electron chi connectivity index (χ3n) is 4.59. The molecule has 0 saturated carbocycles. The van der Waals surface area contributed by atoms with Gasteiger partial charge in [0, 0.05) is 30.0 Å². The van der Waals surface area contributed by atoms with Gasteiger partial charge in [0.15, 0.2) is 0 Å². The summed E-state index contributed by atoms with van der Waals surface area (Å²) in [7, 11) is 0. The van der Waals surface area contributed by atoms with Crippen LogP contribution >= 0.6 is 0 Å². The number of nitrogens with zero attached hydrogens (tertiary/aromatic N) is 2. The van der Waals surface area contributed by atoms with E-state index in [-0.39, 0.29) is 5.54 Å². The Kier molecular flexibility index (Phi) is 5.00. The van der Waals surface area contributed by atoms with Gasteiger partial charge in [-0.25, -0.2) is 0 Å². The largest absolute Gasteiger partial charge is 0.398 e. The van der Waals surface area contributed by atoms with Crippen molar-refractivity contribution in [3.05, 3.63) is 24.0 Å². The van der Waals surface area contributed by atoms with Crippen LogP contribution in [0.3, 0.4) is 0 Å². The highest BCUT2D eigenvalue weighted by Crippen LogP contribution is 2.26. The Hall–Kier alpha value is -1.13. The van der Waals surface area contributed by atoms with Gasteiger partial charge in [0.2, 0.25) is 0 Å². The Morgan fingerprint density at radius 2 is 1.95 bits per heavy atom. The summed E-state index contributed by atoms with van der Waals surface area (Å²) in [6, 6.07) is 1.79. The Labute approximate surface area is 122 Å². The second-order valence-corrected chi connectivity index (χ2v) is 6.35. The van der Waals surface area contributed by atoms with E-state index < -0.39 is 6.10 Å². The first-order valence-electron chi connectivity index (χ1n) is 7.63. The van der Waals surface area contributed by atoms with E-state index in [2.05, 4.69) is 23.7 Å². The molecule has 112 valence electrons. The maximum atomic E-state index is 10.7. The number of anilines is 1. The van der Waals surface area contributed by atoms with Crippen LogP contribution in [0.15, 0.2) is 18.5 Å². The van der Waals surface area contributed by atoms with Gasteiger partial charge in [-0.05, 0) is 51.4 Å². The number of nitrogen functional groups attached to an aromatic ring is 1. The topological polar surface area (TPSA) is 62.4 Å². The van der Waals surface area contributed by atoms with Crippen LogP contribution in [-0.4, -0.2) is 39.7 Å². The summed E-state index contributed by atoms with van der Waals surface area (Å²) in [6.07, 6.45) is 8.63. The lowest BCUT2D eigenvalue weighted by atomic mass is 9.89. The summed E-state index contributed by atoms with van der Waals surface area (Å²) in [6.45, 7) is 6.42. The van der Waals surface area contributed by atoms with E-state index in [1.807, 2.05) is 0 Å². The van der Waals surface area contributed by atoms with Gasteiger partial charge in [-0.3, -0.25) is 9.88 Å². The van der Waals surface area contributed by atoms with Gasteiger partial charge >= 0.3 is 0 Å². The number of aliphatic hydroxyl groups is 1. The Bertz CT molecular complexity index is 425. The second-order valence-electron chi connectivity index (χ2n) is 6.35. The van der Waals surface area contributed by atoms with Crippen LogP contribution in [0.1, 0.15) is 45.1 Å². The molecule has 0 amide bonds. The van der Waals surface area contributed by atoms with E-state index in [0.717, 1.165) is 18.7 Å². The van der Waals surface area contributed by atoms with E-state index >= 15 is 0 Å². The van der Waals surface area contributed by atoms with Crippen LogP contribution in [0, 0.1) is 0 Å². The first-order chi connectivity index (χ1) is 9.51. The minimum atomic E-state index is -0.438. The monoisotopic (exact) mass is 277 g/mol. The number of aromatic nitrogens is 1. The van der Waals surface area contributed by atoms with Crippen molar-refractivity contribution in [3.8, 4) is 0 Å². The second kappa shape index (κ2) is 6.55. The van der Waals surface area contributed by atoms with E-state index in [1.165, 1.54) is 25.7 Å². The summed E-state index contributed by atoms with van der Waals surface area (Å²) in [4.78, 5) is 6.53. The molecule has 3 N–H and O–H groups in total. The standard InChI is InChI=1S/C16H27N3O/c1-16(2,19-9-5-3-4-6-10-19)15(20)11-13-12-18-8-7-14(13)17/h7-8,12,15,20H,3-6,9-11H2,1-2H3,(H2,17,18). The molecule has 1 aromatic heterocycles. The lowest BCUT2D eigenvalue weighted by molar-refractivity contribution is -0.00781. The predicted molar refractivity (Wildman–Crippen MR) is 82.5 cm³/mol. The molecule has 1 aliphatic heterocycles. The van der Waals surface area contributed by atoms with Gasteiger partial charge in [0.05, 0.1) is 6.10 Å². The van der Waals surface area contributed by atoms with Gasteiger partial charge in [-0.15, -0.1) is 0 Å². The third-order valence-corrected chi connectivity index (χ3v) is 4.59. The molecule has 0 bridgehead atoms. The number of rotatable bonds is 4. The van der Waals surface area contributed by atoms with Gasteiger partial charge in [-0.1, -0.05) is 12.8 Å². The first kappa shape index (κ1) is 15.3. The highest BCUT2D eigenvalue weighted by Gasteiger charge is 2.34. The number of aliphatic hydroxyl groups excluding tert-OH is 1. The molecule has 0 aliphatic carbocycles. The molecule has 2 heterocycles. The van der Waals surface area contributed by atoms with E-state index in [0.29, 0.717) is 12.1 Å². The van der Waals surface area contributed by atoms with Gasteiger partial charge < -0.3 is 10.8 Å². The van der Waals surface area contributed by atoms with E-state index in [9.17, 15) is 5.11 Å². The average Bonchev–Trinajstić information content (AvgIpc) is 2.70. The molecule has 0 radical (unpaired) electrons. The summed E-state index contributed by atoms with van der Waals surface area (Å²) in [5.74, 6) is 0. The summed E-state index contributed by atoms with van der Waals surface area (Å²) in [5.41, 5.74) is 7.37. The highest BCUT2D eigenvalue weighted by atomic mass is 16.3. The summed E-state index contributed by atoms with van der Waals surface area (Å²) in [5, 5.41) is 10.7. The number of nitrogens with two attached hydrogens (primary N) is 1. The predicted octanol–water partition coefficient (Wildman–Crippen LogP) is 2.22. The van der Waals surface area contributed by atoms with Crippen molar-refractivity contribution in [2.24, 2.45) is 0 Å². The fourth-order valence-electron chi connectivity index (χ4n) is 2.92. The lowest BCUT2D eigenvalue weighted by Gasteiger charge is -2.41.